The van der Waals surface area contributed by atoms with Crippen molar-refractivity contribution in [2.24, 2.45) is 23.2 Å². The van der Waals surface area contributed by atoms with Gasteiger partial charge < -0.3 is 62.0 Å². The van der Waals surface area contributed by atoms with E-state index in [9.17, 15) is 39.3 Å². The zero-order valence-corrected chi connectivity index (χ0v) is 34.3. The van der Waals surface area contributed by atoms with Crippen molar-refractivity contribution in [3.8, 4) is 0 Å². The molecule has 0 unspecified atom stereocenters. The van der Waals surface area contributed by atoms with E-state index in [4.69, 9.17) is 20.4 Å². The zero-order chi connectivity index (χ0) is 44.7. The maximum Gasteiger partial charge on any atom is 0.335 e. The summed E-state index contributed by atoms with van der Waals surface area (Å²) >= 11 is 0. The van der Waals surface area contributed by atoms with Gasteiger partial charge in [0, 0.05) is 42.3 Å². The Morgan fingerprint density at radius 2 is 1.34 bits per heavy atom. The summed E-state index contributed by atoms with van der Waals surface area (Å²) < 4.78 is 0. The Morgan fingerprint density at radius 3 is 1.90 bits per heavy atom. The number of nitrogens with one attached hydrogen (secondary N) is 5. The van der Waals surface area contributed by atoms with Gasteiger partial charge in [0.15, 0.2) is 0 Å². The van der Waals surface area contributed by atoms with E-state index >= 15 is 0 Å². The SMILES string of the molecule is CNC[C@H](O)[C@@H](O)[C@H](O)[C@H](O)CO.O=C(O)c1cc(NC(=O)[C@H](Cc2ccccc2)NC(=O)c2cc3cc[nH]c3cc2C(=O)NCC23CC4CC(CC(C4)C2)C3)cc(C(=O)O)c1. The van der Waals surface area contributed by atoms with Crippen LogP contribution in [0.1, 0.15) is 85.5 Å². The number of benzene rings is 3. The number of anilines is 1. The number of H-pyrrole nitrogens is 1. The maximum absolute atomic E-state index is 14.1. The number of aliphatic hydroxyl groups is 5. The molecule has 17 heteroatoms. The minimum atomic E-state index is -1.55. The maximum atomic E-state index is 14.1. The van der Waals surface area contributed by atoms with Gasteiger partial charge in [-0.1, -0.05) is 30.3 Å². The van der Waals surface area contributed by atoms with Gasteiger partial charge in [-0.15, -0.1) is 0 Å². The molecule has 4 bridgehead atoms. The molecule has 3 aromatic carbocycles. The molecule has 0 saturated heterocycles. The Bertz CT molecular complexity index is 2180. The summed E-state index contributed by atoms with van der Waals surface area (Å²) in [5.41, 5.74) is 1.16. The molecule has 12 N–H and O–H groups in total. The third kappa shape index (κ3) is 11.0. The highest BCUT2D eigenvalue weighted by molar-refractivity contribution is 6.11. The molecule has 1 aromatic heterocycles. The van der Waals surface area contributed by atoms with Crippen LogP contribution in [0.2, 0.25) is 0 Å². The highest BCUT2D eigenvalue weighted by Gasteiger charge is 2.50. The summed E-state index contributed by atoms with van der Waals surface area (Å²) in [6.45, 7) is -0.00714. The minimum Gasteiger partial charge on any atom is -0.478 e. The molecule has 4 saturated carbocycles. The normalized spacial score (nSPS) is 22.3. The molecule has 4 aromatic rings. The van der Waals surface area contributed by atoms with Gasteiger partial charge in [0.05, 0.1) is 35.0 Å². The van der Waals surface area contributed by atoms with E-state index in [1.807, 2.05) is 6.07 Å². The first-order valence-corrected chi connectivity index (χ1v) is 20.7. The van der Waals surface area contributed by atoms with E-state index in [-0.39, 0.29) is 52.2 Å². The predicted octanol–water partition coefficient (Wildman–Crippen LogP) is 2.13. The first-order chi connectivity index (χ1) is 29.6. The lowest BCUT2D eigenvalue weighted by Gasteiger charge is -2.56. The summed E-state index contributed by atoms with van der Waals surface area (Å²) in [5.74, 6) is -2.20. The number of fused-ring (bicyclic) bond motifs is 1. The van der Waals surface area contributed by atoms with Gasteiger partial charge in [0.2, 0.25) is 5.91 Å². The molecule has 4 fully saturated rings. The van der Waals surface area contributed by atoms with Gasteiger partial charge in [-0.05, 0) is 111 Å². The number of rotatable bonds is 17. The largest absolute Gasteiger partial charge is 0.478 e. The van der Waals surface area contributed by atoms with E-state index < -0.39 is 60.8 Å². The average molecular weight is 858 g/mol. The molecule has 8 rings (SSSR count). The van der Waals surface area contributed by atoms with Crippen molar-refractivity contribution in [2.75, 3.05) is 32.1 Å². The number of aromatic amines is 1. The molecule has 5 atom stereocenters. The van der Waals surface area contributed by atoms with Crippen molar-refractivity contribution in [3.63, 3.8) is 0 Å². The molecule has 0 radical (unpaired) electrons. The summed E-state index contributed by atoms with van der Waals surface area (Å²) in [5, 5.41) is 75.8. The summed E-state index contributed by atoms with van der Waals surface area (Å²) in [6.07, 6.45) is 3.42. The highest BCUT2D eigenvalue weighted by Crippen LogP contribution is 2.59. The van der Waals surface area contributed by atoms with Crippen LogP contribution in [0.5, 0.6) is 0 Å². The second-order valence-electron chi connectivity index (χ2n) is 17.0. The average Bonchev–Trinajstić information content (AvgIpc) is 3.72. The molecule has 17 nitrogen and oxygen atoms in total. The van der Waals surface area contributed by atoms with E-state index in [1.54, 1.807) is 55.7 Å². The molecular weight excluding hydrogens is 803 g/mol. The van der Waals surface area contributed by atoms with Gasteiger partial charge in [-0.3, -0.25) is 14.4 Å². The zero-order valence-electron chi connectivity index (χ0n) is 34.3. The standard InChI is InChI=1S/C38H38N4O7.C7H17NO5/c43-33(40-20-38-17-22-8-23(18-38)10-24(9-22)19-38)30-16-31-25(6-7-39-31)15-29(30)34(44)42-32(11-21-4-2-1-3-5-21)35(45)41-28-13-26(36(46)47)12-27(14-28)37(48)49;1-8-2-4(10)6(12)7(13)5(11)3-9/h1-7,12-16,22-24,32,39H,8-11,17-20H2,(H,40,43)(H,41,45)(H,42,44)(H,46,47)(H,48,49);4-13H,2-3H2,1H3/t22?,23?,24?,32-,38?;4-,5+,6+,7+/m00/s1. The predicted molar refractivity (Wildman–Crippen MR) is 227 cm³/mol. The Kier molecular flexibility index (Phi) is 14.8. The fourth-order valence-corrected chi connectivity index (χ4v) is 9.71. The number of hydrogen-bond donors (Lipinski definition) is 12. The van der Waals surface area contributed by atoms with Crippen LogP contribution in [0.4, 0.5) is 5.69 Å². The summed E-state index contributed by atoms with van der Waals surface area (Å²) in [4.78, 5) is 68.1. The molecule has 0 aliphatic heterocycles. The Balaban J connectivity index is 0.000000428. The van der Waals surface area contributed by atoms with Crippen LogP contribution in [-0.4, -0.2) is 128 Å². The second kappa shape index (κ2) is 20.0. The first-order valence-electron chi connectivity index (χ1n) is 20.7. The van der Waals surface area contributed by atoms with Crippen LogP contribution in [0.25, 0.3) is 10.9 Å². The molecule has 0 spiro atoms. The lowest BCUT2D eigenvalue weighted by Crippen LogP contribution is -2.51. The molecule has 62 heavy (non-hydrogen) atoms. The number of amides is 3. The van der Waals surface area contributed by atoms with Crippen molar-refractivity contribution < 1.29 is 59.7 Å². The van der Waals surface area contributed by atoms with Crippen molar-refractivity contribution in [1.82, 2.24) is 20.9 Å². The third-order valence-electron chi connectivity index (χ3n) is 12.3. The lowest BCUT2D eigenvalue weighted by molar-refractivity contribution is -0.118. The highest BCUT2D eigenvalue weighted by atomic mass is 16.4. The molecule has 3 amide bonds. The number of likely N-dealkylation sites (N-methyl/N-ethyl adjacent to an activating group) is 1. The van der Waals surface area contributed by atoms with Crippen molar-refractivity contribution in [3.05, 3.63) is 101 Å². The van der Waals surface area contributed by atoms with Crippen LogP contribution >= 0.6 is 0 Å². The third-order valence-corrected chi connectivity index (χ3v) is 12.3. The fraction of sp³-hybridized carbons (Fsp3) is 0.444. The number of hydrogen-bond acceptors (Lipinski definition) is 11. The topological polar surface area (TPSA) is 291 Å². The van der Waals surface area contributed by atoms with E-state index in [0.717, 1.165) is 66.2 Å². The molecular formula is C45H55N5O12. The Hall–Kier alpha value is -5.69. The number of aromatic carboxylic acids is 2. The molecule has 1 heterocycles. The minimum absolute atomic E-state index is 0.0481. The van der Waals surface area contributed by atoms with Gasteiger partial charge in [-0.2, -0.15) is 0 Å². The van der Waals surface area contributed by atoms with E-state index in [0.29, 0.717) is 12.1 Å². The Morgan fingerprint density at radius 1 is 0.758 bits per heavy atom. The van der Waals surface area contributed by atoms with Crippen LogP contribution < -0.4 is 21.3 Å². The first kappa shape index (κ1) is 45.8. The molecule has 4 aliphatic rings. The van der Waals surface area contributed by atoms with Crippen LogP contribution in [0.15, 0.2) is 72.9 Å². The monoisotopic (exact) mass is 857 g/mol. The van der Waals surface area contributed by atoms with Gasteiger partial charge >= 0.3 is 11.9 Å². The summed E-state index contributed by atoms with van der Waals surface area (Å²) in [7, 11) is 1.57. The van der Waals surface area contributed by atoms with E-state index in [2.05, 4.69) is 26.3 Å². The van der Waals surface area contributed by atoms with Gasteiger partial charge in [-0.25, -0.2) is 9.59 Å². The van der Waals surface area contributed by atoms with Crippen molar-refractivity contribution in [1.29, 1.82) is 0 Å². The van der Waals surface area contributed by atoms with Crippen molar-refractivity contribution >= 4 is 46.3 Å². The number of carboxylic acids is 2. The quantitative estimate of drug-likeness (QED) is 0.0726. The number of aliphatic hydroxyl groups excluding tert-OH is 5. The Labute approximate surface area is 357 Å². The molecule has 332 valence electrons. The van der Waals surface area contributed by atoms with Crippen LogP contribution in [0, 0.1) is 23.2 Å². The number of carboxylic acid groups (broad SMARTS) is 2. The van der Waals surface area contributed by atoms with Crippen molar-refractivity contribution in [2.45, 2.75) is 75.4 Å². The second-order valence-corrected chi connectivity index (χ2v) is 17.0. The number of aromatic nitrogens is 1. The van der Waals surface area contributed by atoms with Crippen LogP contribution in [0.3, 0.4) is 0 Å². The smallest absolute Gasteiger partial charge is 0.335 e. The molecule has 4 aliphatic carbocycles. The summed E-state index contributed by atoms with van der Waals surface area (Å²) in [6, 6.07) is 16.3. The fourth-order valence-electron chi connectivity index (χ4n) is 9.71. The number of carbonyl (C=O) groups is 5. The van der Waals surface area contributed by atoms with E-state index in [1.165, 1.54) is 19.3 Å². The number of carbonyl (C=O) groups excluding carboxylic acids is 3. The van der Waals surface area contributed by atoms with Gasteiger partial charge in [0.1, 0.15) is 24.4 Å². The van der Waals surface area contributed by atoms with Crippen LogP contribution in [-0.2, 0) is 11.2 Å². The lowest BCUT2D eigenvalue weighted by atomic mass is 9.49. The van der Waals surface area contributed by atoms with Gasteiger partial charge in [0.25, 0.3) is 11.8 Å².